The fourth-order valence-electron chi connectivity index (χ4n) is 2.67. The van der Waals surface area contributed by atoms with Gasteiger partial charge in [0.15, 0.2) is 11.6 Å². The quantitative estimate of drug-likeness (QED) is 0.249. The summed E-state index contributed by atoms with van der Waals surface area (Å²) >= 11 is 11.1. The van der Waals surface area contributed by atoms with Gasteiger partial charge in [-0.05, 0) is 54.0 Å². The SMILES string of the molecule is CC(C)Oc1ccc(-c2nnc(-c3cc(F)c(OC[C@H](N)COP(=O)(O)O)cc3Cl)s2)cc1Br.Cl. The van der Waals surface area contributed by atoms with Crippen molar-refractivity contribution in [2.75, 3.05) is 13.2 Å². The van der Waals surface area contributed by atoms with Crippen molar-refractivity contribution in [3.05, 3.63) is 45.6 Å². The molecule has 0 aliphatic rings. The lowest BCUT2D eigenvalue weighted by atomic mass is 10.2. The highest BCUT2D eigenvalue weighted by Gasteiger charge is 2.19. The van der Waals surface area contributed by atoms with E-state index >= 15 is 0 Å². The number of ether oxygens (including phenoxy) is 2. The minimum atomic E-state index is -4.66. The van der Waals surface area contributed by atoms with E-state index in [1.807, 2.05) is 32.0 Å². The van der Waals surface area contributed by atoms with Crippen LogP contribution in [-0.2, 0) is 9.09 Å². The van der Waals surface area contributed by atoms with Gasteiger partial charge in [-0.15, -0.1) is 22.6 Å². The number of rotatable bonds is 10. The van der Waals surface area contributed by atoms with Crippen LogP contribution in [0, 0.1) is 5.82 Å². The van der Waals surface area contributed by atoms with Crippen LogP contribution in [0.4, 0.5) is 4.39 Å². The van der Waals surface area contributed by atoms with Crippen LogP contribution in [0.25, 0.3) is 21.1 Å². The molecule has 1 heterocycles. The third kappa shape index (κ3) is 8.63. The molecule has 0 spiro atoms. The highest BCUT2D eigenvalue weighted by molar-refractivity contribution is 9.10. The van der Waals surface area contributed by atoms with Crippen molar-refractivity contribution in [1.82, 2.24) is 10.2 Å². The van der Waals surface area contributed by atoms with E-state index in [1.54, 1.807) is 0 Å². The molecule has 4 N–H and O–H groups in total. The van der Waals surface area contributed by atoms with E-state index in [-0.39, 0.29) is 35.9 Å². The molecule has 35 heavy (non-hydrogen) atoms. The van der Waals surface area contributed by atoms with Crippen LogP contribution in [0.2, 0.25) is 5.02 Å². The third-order valence-electron chi connectivity index (χ3n) is 4.13. The van der Waals surface area contributed by atoms with Gasteiger partial charge >= 0.3 is 7.82 Å². The lowest BCUT2D eigenvalue weighted by Crippen LogP contribution is -2.32. The zero-order valence-corrected chi connectivity index (χ0v) is 23.2. The fraction of sp³-hybridized carbons (Fsp3) is 0.300. The molecule has 0 fully saturated rings. The molecule has 0 radical (unpaired) electrons. The van der Waals surface area contributed by atoms with E-state index in [0.29, 0.717) is 21.3 Å². The van der Waals surface area contributed by atoms with E-state index in [1.165, 1.54) is 23.5 Å². The molecule has 3 aromatic rings. The number of nitrogens with two attached hydrogens (primary N) is 1. The second kappa shape index (κ2) is 12.8. The van der Waals surface area contributed by atoms with E-state index in [2.05, 4.69) is 30.7 Å². The van der Waals surface area contributed by atoms with E-state index in [9.17, 15) is 8.96 Å². The summed E-state index contributed by atoms with van der Waals surface area (Å²) in [5, 5.41) is 9.53. The number of benzene rings is 2. The van der Waals surface area contributed by atoms with Crippen LogP contribution in [0.1, 0.15) is 13.8 Å². The van der Waals surface area contributed by atoms with Crippen molar-refractivity contribution in [1.29, 1.82) is 0 Å². The first kappa shape index (κ1) is 29.9. The van der Waals surface area contributed by atoms with Gasteiger partial charge < -0.3 is 25.0 Å². The summed E-state index contributed by atoms with van der Waals surface area (Å²) in [6, 6.07) is 7.10. The molecule has 9 nitrogen and oxygen atoms in total. The Labute approximate surface area is 224 Å². The fourth-order valence-corrected chi connectivity index (χ4v) is 4.70. The summed E-state index contributed by atoms with van der Waals surface area (Å²) in [7, 11) is -4.66. The topological polar surface area (TPSA) is 137 Å². The van der Waals surface area contributed by atoms with Crippen molar-refractivity contribution in [2.45, 2.75) is 26.0 Å². The van der Waals surface area contributed by atoms with Gasteiger partial charge in [-0.3, -0.25) is 4.52 Å². The minimum Gasteiger partial charge on any atom is -0.490 e. The van der Waals surface area contributed by atoms with Gasteiger partial charge in [0.1, 0.15) is 22.4 Å². The Bertz CT molecular complexity index is 1220. The van der Waals surface area contributed by atoms with Crippen LogP contribution in [0.5, 0.6) is 11.5 Å². The Hall–Kier alpha value is -1.34. The second-order valence-electron chi connectivity index (χ2n) is 7.34. The van der Waals surface area contributed by atoms with Gasteiger partial charge in [0.05, 0.1) is 28.2 Å². The molecule has 2 aromatic carbocycles. The molecule has 1 aromatic heterocycles. The van der Waals surface area contributed by atoms with Crippen molar-refractivity contribution in [3.63, 3.8) is 0 Å². The molecule has 0 bridgehead atoms. The summed E-state index contributed by atoms with van der Waals surface area (Å²) in [5.41, 5.74) is 6.80. The first-order valence-corrected chi connectivity index (χ1v) is 13.3. The van der Waals surface area contributed by atoms with Crippen LogP contribution < -0.4 is 15.2 Å². The van der Waals surface area contributed by atoms with Crippen molar-refractivity contribution < 1.29 is 32.7 Å². The molecule has 0 saturated heterocycles. The molecule has 0 amide bonds. The third-order valence-corrected chi connectivity index (χ3v) is 6.55. The summed E-state index contributed by atoms with van der Waals surface area (Å²) < 4.78 is 41.4. The molecule has 0 saturated carbocycles. The maximum Gasteiger partial charge on any atom is 0.469 e. The largest absolute Gasteiger partial charge is 0.490 e. The van der Waals surface area contributed by atoms with Gasteiger partial charge in [-0.1, -0.05) is 22.9 Å². The Balaban J connectivity index is 0.00000432. The monoisotopic (exact) mass is 631 g/mol. The number of nitrogens with zero attached hydrogens (tertiary/aromatic N) is 2. The average molecular weight is 633 g/mol. The van der Waals surface area contributed by atoms with Crippen molar-refractivity contribution in [3.8, 4) is 32.6 Å². The molecule has 1 atom stereocenters. The number of phosphoric ester groups is 1. The molecule has 3 rings (SSSR count). The van der Waals surface area contributed by atoms with E-state index in [0.717, 1.165) is 10.0 Å². The van der Waals surface area contributed by atoms with Crippen molar-refractivity contribution >= 4 is 59.1 Å². The van der Waals surface area contributed by atoms with E-state index < -0.39 is 26.3 Å². The average Bonchev–Trinajstić information content (AvgIpc) is 3.23. The van der Waals surface area contributed by atoms with E-state index in [4.69, 9.17) is 36.6 Å². The predicted octanol–water partition coefficient (Wildman–Crippen LogP) is 5.45. The highest BCUT2D eigenvalue weighted by Crippen LogP contribution is 2.39. The zero-order valence-electron chi connectivity index (χ0n) is 18.4. The molecular formula is C20H22BrCl2FN3O6PS. The summed E-state index contributed by atoms with van der Waals surface area (Å²) in [6.07, 6.45) is 0.0306. The molecular weight excluding hydrogens is 611 g/mol. The predicted molar refractivity (Wildman–Crippen MR) is 138 cm³/mol. The number of hydrogen-bond acceptors (Lipinski definition) is 8. The molecule has 0 aliphatic carbocycles. The smallest absolute Gasteiger partial charge is 0.469 e. The lowest BCUT2D eigenvalue weighted by molar-refractivity contribution is 0.164. The summed E-state index contributed by atoms with van der Waals surface area (Å²) in [4.78, 5) is 17.4. The standard InChI is InChI=1S/C20H21BrClFN3O6PS.ClH/c1-10(2)32-17-4-3-11(5-14(17)21)19-25-26-20(34-19)13-6-16(23)18(7-15(13)22)30-8-12(24)9-31-33(27,28)29;/h3-7,10,12H,8-9,24H2,1-2H3,(H2,27,28,29);1H/t12-;/m0./s1. The van der Waals surface area contributed by atoms with Crippen LogP contribution in [0.15, 0.2) is 34.8 Å². The maximum absolute atomic E-state index is 14.6. The van der Waals surface area contributed by atoms with Gasteiger partial charge in [0.25, 0.3) is 0 Å². The highest BCUT2D eigenvalue weighted by atomic mass is 79.9. The van der Waals surface area contributed by atoms with Crippen LogP contribution in [0.3, 0.4) is 0 Å². The minimum absolute atomic E-state index is 0. The molecule has 15 heteroatoms. The zero-order chi connectivity index (χ0) is 25.0. The molecule has 192 valence electrons. The summed E-state index contributed by atoms with van der Waals surface area (Å²) in [6.45, 7) is 3.16. The molecule has 0 aliphatic heterocycles. The number of aromatic nitrogens is 2. The Morgan fingerprint density at radius 1 is 1.17 bits per heavy atom. The molecule has 0 unspecified atom stereocenters. The van der Waals surface area contributed by atoms with Crippen LogP contribution in [-0.4, -0.2) is 45.3 Å². The lowest BCUT2D eigenvalue weighted by Gasteiger charge is -2.15. The number of hydrogen-bond donors (Lipinski definition) is 3. The number of halogens is 4. The number of phosphoric acid groups is 1. The van der Waals surface area contributed by atoms with Gasteiger partial charge in [0, 0.05) is 17.2 Å². The Morgan fingerprint density at radius 2 is 1.86 bits per heavy atom. The normalized spacial score (nSPS) is 12.4. The Morgan fingerprint density at radius 3 is 2.49 bits per heavy atom. The Kier molecular flexibility index (Phi) is 10.9. The van der Waals surface area contributed by atoms with Gasteiger partial charge in [-0.2, -0.15) is 0 Å². The van der Waals surface area contributed by atoms with Gasteiger partial charge in [-0.25, -0.2) is 8.96 Å². The second-order valence-corrected chi connectivity index (χ2v) is 10.8. The van der Waals surface area contributed by atoms with Gasteiger partial charge in [0.2, 0.25) is 0 Å². The first-order valence-electron chi connectivity index (χ1n) is 9.81. The maximum atomic E-state index is 14.6. The summed E-state index contributed by atoms with van der Waals surface area (Å²) in [5.74, 6) is -0.177. The van der Waals surface area contributed by atoms with Crippen molar-refractivity contribution in [2.24, 2.45) is 5.73 Å². The van der Waals surface area contributed by atoms with Crippen LogP contribution >= 0.6 is 59.1 Å². The first-order chi connectivity index (χ1) is 15.9.